The van der Waals surface area contributed by atoms with E-state index in [0.717, 1.165) is 11.8 Å². The SMILES string of the molecule is COc1cccc(C[Si](O)(C(C)C)C(C)C)c1. The van der Waals surface area contributed by atoms with E-state index >= 15 is 0 Å². The molecule has 0 aliphatic rings. The molecular weight excluding hydrogens is 228 g/mol. The number of ether oxygens (including phenoxy) is 1. The number of hydrogen-bond donors (Lipinski definition) is 1. The van der Waals surface area contributed by atoms with Crippen LogP contribution in [-0.4, -0.2) is 20.2 Å². The zero-order chi connectivity index (χ0) is 13.1. The Hall–Kier alpha value is -0.803. The van der Waals surface area contributed by atoms with Gasteiger partial charge in [0.2, 0.25) is 0 Å². The molecule has 0 radical (unpaired) electrons. The van der Waals surface area contributed by atoms with Crippen LogP contribution in [-0.2, 0) is 6.04 Å². The van der Waals surface area contributed by atoms with E-state index < -0.39 is 8.32 Å². The van der Waals surface area contributed by atoms with E-state index in [1.165, 1.54) is 5.56 Å². The first-order valence-corrected chi connectivity index (χ1v) is 8.56. The van der Waals surface area contributed by atoms with Crippen LogP contribution >= 0.6 is 0 Å². The molecule has 17 heavy (non-hydrogen) atoms. The van der Waals surface area contributed by atoms with Crippen LogP contribution in [0.4, 0.5) is 0 Å². The van der Waals surface area contributed by atoms with Gasteiger partial charge in [-0.1, -0.05) is 39.8 Å². The Morgan fingerprint density at radius 2 is 1.76 bits per heavy atom. The fourth-order valence-electron chi connectivity index (χ4n) is 2.18. The zero-order valence-electron chi connectivity index (χ0n) is 11.5. The van der Waals surface area contributed by atoms with Crippen molar-refractivity contribution in [3.63, 3.8) is 0 Å². The van der Waals surface area contributed by atoms with E-state index in [2.05, 4.69) is 33.8 Å². The molecule has 1 rings (SSSR count). The Morgan fingerprint density at radius 1 is 1.18 bits per heavy atom. The summed E-state index contributed by atoms with van der Waals surface area (Å²) in [6.45, 7) is 8.53. The maximum Gasteiger partial charge on any atom is 0.197 e. The first-order chi connectivity index (χ1) is 7.90. The lowest BCUT2D eigenvalue weighted by Gasteiger charge is -2.33. The van der Waals surface area contributed by atoms with Gasteiger partial charge in [-0.15, -0.1) is 0 Å². The summed E-state index contributed by atoms with van der Waals surface area (Å²) in [5, 5.41) is 0. The summed E-state index contributed by atoms with van der Waals surface area (Å²) in [4.78, 5) is 10.9. The second-order valence-corrected chi connectivity index (χ2v) is 9.97. The smallest absolute Gasteiger partial charge is 0.197 e. The highest BCUT2D eigenvalue weighted by molar-refractivity contribution is 6.74. The first kappa shape index (κ1) is 14.3. The van der Waals surface area contributed by atoms with Crippen molar-refractivity contribution in [1.82, 2.24) is 0 Å². The molecule has 0 saturated heterocycles. The fourth-order valence-corrected chi connectivity index (χ4v) is 5.21. The van der Waals surface area contributed by atoms with Crippen LogP contribution in [0.5, 0.6) is 5.75 Å². The van der Waals surface area contributed by atoms with Gasteiger partial charge in [-0.25, -0.2) is 0 Å². The normalized spacial score (nSPS) is 12.2. The van der Waals surface area contributed by atoms with Gasteiger partial charge in [-0.2, -0.15) is 0 Å². The molecule has 1 aromatic carbocycles. The van der Waals surface area contributed by atoms with Gasteiger partial charge in [0.25, 0.3) is 0 Å². The minimum Gasteiger partial charge on any atom is -0.497 e. The van der Waals surface area contributed by atoms with Crippen molar-refractivity contribution < 1.29 is 9.53 Å². The van der Waals surface area contributed by atoms with E-state index in [1.54, 1.807) is 7.11 Å². The largest absolute Gasteiger partial charge is 0.497 e. The van der Waals surface area contributed by atoms with Crippen molar-refractivity contribution in [2.75, 3.05) is 7.11 Å². The molecule has 0 aliphatic heterocycles. The Kier molecular flexibility index (Phi) is 4.77. The molecule has 3 heteroatoms. The standard InChI is InChI=1S/C14H24O2Si/c1-11(2)17(15,12(3)4)10-13-7-6-8-14(9-13)16-5/h6-9,11-12,15H,10H2,1-5H3. The summed E-state index contributed by atoms with van der Waals surface area (Å²) in [5.74, 6) is 0.867. The molecule has 0 amide bonds. The summed E-state index contributed by atoms with van der Waals surface area (Å²) < 4.78 is 5.22. The van der Waals surface area contributed by atoms with Crippen molar-refractivity contribution >= 4 is 8.32 Å². The summed E-state index contributed by atoms with van der Waals surface area (Å²) in [7, 11) is -0.562. The van der Waals surface area contributed by atoms with Gasteiger partial charge in [0.05, 0.1) is 7.11 Å². The van der Waals surface area contributed by atoms with Crippen molar-refractivity contribution in [1.29, 1.82) is 0 Å². The van der Waals surface area contributed by atoms with Crippen molar-refractivity contribution in [2.45, 2.75) is 44.8 Å². The van der Waals surface area contributed by atoms with Gasteiger partial charge in [0.15, 0.2) is 8.32 Å². The van der Waals surface area contributed by atoms with Gasteiger partial charge < -0.3 is 9.53 Å². The van der Waals surface area contributed by atoms with Gasteiger partial charge in [0.1, 0.15) is 5.75 Å². The van der Waals surface area contributed by atoms with E-state index in [-0.39, 0.29) is 0 Å². The van der Waals surface area contributed by atoms with Crippen LogP contribution in [0, 0.1) is 0 Å². The lowest BCUT2D eigenvalue weighted by molar-refractivity contribution is 0.414. The topological polar surface area (TPSA) is 29.5 Å². The quantitative estimate of drug-likeness (QED) is 0.812. The predicted molar refractivity (Wildman–Crippen MR) is 74.9 cm³/mol. The van der Waals surface area contributed by atoms with Crippen LogP contribution in [0.3, 0.4) is 0 Å². The summed E-state index contributed by atoms with van der Waals surface area (Å²) in [6.07, 6.45) is 0. The van der Waals surface area contributed by atoms with E-state index in [1.807, 2.05) is 18.2 Å². The number of benzene rings is 1. The summed E-state index contributed by atoms with van der Waals surface area (Å²) >= 11 is 0. The third-order valence-electron chi connectivity index (χ3n) is 3.62. The Labute approximate surface area is 106 Å². The van der Waals surface area contributed by atoms with Gasteiger partial charge in [0, 0.05) is 0 Å². The van der Waals surface area contributed by atoms with Crippen LogP contribution in [0.25, 0.3) is 0 Å². The molecule has 0 aromatic heterocycles. The minimum absolute atomic E-state index is 0.369. The monoisotopic (exact) mass is 252 g/mol. The molecule has 1 N–H and O–H groups in total. The van der Waals surface area contributed by atoms with Crippen LogP contribution in [0.2, 0.25) is 11.1 Å². The van der Waals surface area contributed by atoms with Crippen LogP contribution < -0.4 is 4.74 Å². The number of hydrogen-bond acceptors (Lipinski definition) is 2. The Morgan fingerprint density at radius 3 is 2.24 bits per heavy atom. The zero-order valence-corrected chi connectivity index (χ0v) is 12.5. The predicted octanol–water partition coefficient (Wildman–Crippen LogP) is 3.53. The molecule has 0 unspecified atom stereocenters. The highest BCUT2D eigenvalue weighted by Gasteiger charge is 2.38. The van der Waals surface area contributed by atoms with Crippen molar-refractivity contribution in [3.8, 4) is 5.75 Å². The molecule has 0 spiro atoms. The lowest BCUT2D eigenvalue weighted by Crippen LogP contribution is -2.44. The molecule has 0 bridgehead atoms. The van der Waals surface area contributed by atoms with E-state index in [9.17, 15) is 4.80 Å². The lowest BCUT2D eigenvalue weighted by atomic mass is 10.2. The second-order valence-electron chi connectivity index (χ2n) is 5.33. The number of methoxy groups -OCH3 is 1. The van der Waals surface area contributed by atoms with Crippen molar-refractivity contribution in [3.05, 3.63) is 29.8 Å². The molecule has 96 valence electrons. The molecule has 2 nitrogen and oxygen atoms in total. The molecule has 0 saturated carbocycles. The van der Waals surface area contributed by atoms with E-state index in [4.69, 9.17) is 4.74 Å². The third kappa shape index (κ3) is 3.33. The average molecular weight is 252 g/mol. The molecule has 0 heterocycles. The molecule has 0 atom stereocenters. The van der Waals surface area contributed by atoms with Gasteiger partial charge >= 0.3 is 0 Å². The minimum atomic E-state index is -2.24. The van der Waals surface area contributed by atoms with Crippen molar-refractivity contribution in [2.24, 2.45) is 0 Å². The molecular formula is C14H24O2Si. The maximum atomic E-state index is 10.9. The Balaban J connectivity index is 2.94. The highest BCUT2D eigenvalue weighted by atomic mass is 28.4. The highest BCUT2D eigenvalue weighted by Crippen LogP contribution is 2.33. The fraction of sp³-hybridized carbons (Fsp3) is 0.571. The van der Waals surface area contributed by atoms with Crippen LogP contribution in [0.15, 0.2) is 24.3 Å². The summed E-state index contributed by atoms with van der Waals surface area (Å²) in [6, 6.07) is 8.84. The van der Waals surface area contributed by atoms with E-state index in [0.29, 0.717) is 11.1 Å². The second kappa shape index (κ2) is 5.69. The first-order valence-electron chi connectivity index (χ1n) is 6.25. The molecule has 1 aromatic rings. The molecule has 0 aliphatic carbocycles. The Bertz CT molecular complexity index is 353. The van der Waals surface area contributed by atoms with Gasteiger partial charge in [-0.05, 0) is 34.8 Å². The third-order valence-corrected chi connectivity index (χ3v) is 8.59. The maximum absolute atomic E-state index is 10.9. The average Bonchev–Trinajstić information content (AvgIpc) is 2.28. The number of rotatable bonds is 5. The summed E-state index contributed by atoms with van der Waals surface area (Å²) in [5.41, 5.74) is 1.92. The van der Waals surface area contributed by atoms with Crippen LogP contribution in [0.1, 0.15) is 33.3 Å². The van der Waals surface area contributed by atoms with Gasteiger partial charge in [-0.3, -0.25) is 0 Å². The molecule has 0 fully saturated rings.